The molecule has 0 bridgehead atoms. The molecule has 5 nitrogen and oxygen atoms in total. The van der Waals surface area contributed by atoms with E-state index in [0.29, 0.717) is 18.8 Å². The summed E-state index contributed by atoms with van der Waals surface area (Å²) in [5, 5.41) is 9.34. The van der Waals surface area contributed by atoms with Gasteiger partial charge in [-0.1, -0.05) is 24.3 Å². The van der Waals surface area contributed by atoms with Gasteiger partial charge in [0, 0.05) is 28.5 Å². The van der Waals surface area contributed by atoms with Gasteiger partial charge in [-0.15, -0.1) is 11.3 Å². The second kappa shape index (κ2) is 9.55. The SMILES string of the molecule is CCOc1cc(C2Nc3ccccc3NC3=C2C(=O)CC(c2cccs2)C3)ccc1OC(C)C. The third kappa shape index (κ3) is 4.42. The van der Waals surface area contributed by atoms with Crippen molar-refractivity contribution < 1.29 is 14.3 Å². The summed E-state index contributed by atoms with van der Waals surface area (Å²) in [6.45, 7) is 6.50. The van der Waals surface area contributed by atoms with E-state index in [-0.39, 0.29) is 23.8 Å². The minimum Gasteiger partial charge on any atom is -0.490 e. The highest BCUT2D eigenvalue weighted by atomic mass is 32.1. The highest BCUT2D eigenvalue weighted by molar-refractivity contribution is 7.10. The Morgan fingerprint density at radius 3 is 2.59 bits per heavy atom. The quantitative estimate of drug-likeness (QED) is 0.406. The molecule has 34 heavy (non-hydrogen) atoms. The molecule has 0 saturated heterocycles. The van der Waals surface area contributed by atoms with Gasteiger partial charge in [-0.2, -0.15) is 0 Å². The number of carbonyl (C=O) groups excluding carboxylic acids is 1. The Morgan fingerprint density at radius 1 is 1.03 bits per heavy atom. The summed E-state index contributed by atoms with van der Waals surface area (Å²) in [6.07, 6.45) is 1.36. The van der Waals surface area contributed by atoms with Crippen LogP contribution in [0.1, 0.15) is 56.0 Å². The van der Waals surface area contributed by atoms with Crippen molar-refractivity contribution in [1.29, 1.82) is 0 Å². The number of hydrogen-bond acceptors (Lipinski definition) is 6. The van der Waals surface area contributed by atoms with E-state index in [9.17, 15) is 4.79 Å². The number of Topliss-reactive ketones (excluding diaryl/α,β-unsaturated/α-hetero) is 1. The molecule has 5 rings (SSSR count). The molecule has 1 aliphatic carbocycles. The molecule has 2 aromatic carbocycles. The molecule has 2 unspecified atom stereocenters. The lowest BCUT2D eigenvalue weighted by molar-refractivity contribution is -0.116. The van der Waals surface area contributed by atoms with Crippen LogP contribution in [-0.2, 0) is 4.79 Å². The highest BCUT2D eigenvalue weighted by Gasteiger charge is 2.36. The van der Waals surface area contributed by atoms with Crippen molar-refractivity contribution in [2.45, 2.75) is 51.7 Å². The summed E-state index contributed by atoms with van der Waals surface area (Å²) >= 11 is 1.72. The van der Waals surface area contributed by atoms with Crippen LogP contribution < -0.4 is 20.1 Å². The van der Waals surface area contributed by atoms with E-state index >= 15 is 0 Å². The molecule has 1 aromatic heterocycles. The summed E-state index contributed by atoms with van der Waals surface area (Å²) in [6, 6.07) is 18.0. The van der Waals surface area contributed by atoms with Crippen LogP contribution in [0.2, 0.25) is 0 Å². The Hall–Kier alpha value is -3.25. The van der Waals surface area contributed by atoms with Gasteiger partial charge in [-0.25, -0.2) is 0 Å². The van der Waals surface area contributed by atoms with E-state index in [2.05, 4.69) is 40.3 Å². The second-order valence-corrected chi connectivity index (χ2v) is 9.97. The maximum atomic E-state index is 13.7. The summed E-state index contributed by atoms with van der Waals surface area (Å²) in [5.74, 6) is 1.79. The molecule has 2 aliphatic rings. The monoisotopic (exact) mass is 474 g/mol. The van der Waals surface area contributed by atoms with Gasteiger partial charge in [-0.05, 0) is 68.5 Å². The van der Waals surface area contributed by atoms with E-state index in [1.54, 1.807) is 11.3 Å². The van der Waals surface area contributed by atoms with Gasteiger partial charge in [0.05, 0.1) is 30.1 Å². The third-order valence-corrected chi connectivity index (χ3v) is 7.25. The van der Waals surface area contributed by atoms with Crippen LogP contribution in [0.3, 0.4) is 0 Å². The fourth-order valence-electron chi connectivity index (χ4n) is 4.79. The number of rotatable bonds is 6. The number of anilines is 2. The van der Waals surface area contributed by atoms with Crippen molar-refractivity contribution in [3.63, 3.8) is 0 Å². The normalized spacial score (nSPS) is 19.6. The zero-order valence-electron chi connectivity index (χ0n) is 19.8. The van der Waals surface area contributed by atoms with E-state index in [1.807, 2.05) is 51.1 Å². The zero-order chi connectivity index (χ0) is 23.7. The summed E-state index contributed by atoms with van der Waals surface area (Å²) < 4.78 is 11.9. The predicted molar refractivity (Wildman–Crippen MR) is 138 cm³/mol. The first-order chi connectivity index (χ1) is 16.5. The molecule has 2 N–H and O–H groups in total. The molecule has 0 saturated carbocycles. The molecule has 1 aliphatic heterocycles. The van der Waals surface area contributed by atoms with Gasteiger partial charge in [0.2, 0.25) is 0 Å². The fourth-order valence-corrected chi connectivity index (χ4v) is 5.62. The fraction of sp³-hybridized carbons (Fsp3) is 0.321. The Labute approximate surface area is 204 Å². The number of allylic oxidation sites excluding steroid dienone is 1. The first-order valence-electron chi connectivity index (χ1n) is 11.9. The topological polar surface area (TPSA) is 59.6 Å². The van der Waals surface area contributed by atoms with Crippen LogP contribution in [0, 0.1) is 0 Å². The summed E-state index contributed by atoms with van der Waals surface area (Å²) in [4.78, 5) is 14.9. The van der Waals surface area contributed by atoms with Crippen molar-refractivity contribution in [3.8, 4) is 11.5 Å². The number of ketones is 1. The number of benzene rings is 2. The largest absolute Gasteiger partial charge is 0.490 e. The van der Waals surface area contributed by atoms with Gasteiger partial charge in [0.25, 0.3) is 0 Å². The first kappa shape index (κ1) is 22.5. The number of para-hydroxylation sites is 2. The molecule has 6 heteroatoms. The molecular formula is C28H30N2O3S. The third-order valence-electron chi connectivity index (χ3n) is 6.22. The van der Waals surface area contributed by atoms with E-state index < -0.39 is 0 Å². The molecule has 0 fully saturated rings. The van der Waals surface area contributed by atoms with Gasteiger partial charge in [0.15, 0.2) is 17.3 Å². The van der Waals surface area contributed by atoms with Crippen molar-refractivity contribution in [1.82, 2.24) is 0 Å². The Morgan fingerprint density at radius 2 is 1.85 bits per heavy atom. The van der Waals surface area contributed by atoms with Gasteiger partial charge >= 0.3 is 0 Å². The molecule has 0 radical (unpaired) electrons. The lowest BCUT2D eigenvalue weighted by Gasteiger charge is -2.29. The number of ether oxygens (including phenoxy) is 2. The van der Waals surface area contributed by atoms with Gasteiger partial charge in [-0.3, -0.25) is 4.79 Å². The van der Waals surface area contributed by atoms with Crippen molar-refractivity contribution in [3.05, 3.63) is 81.7 Å². The molecule has 2 atom stereocenters. The highest BCUT2D eigenvalue weighted by Crippen LogP contribution is 2.45. The second-order valence-electron chi connectivity index (χ2n) is 8.99. The van der Waals surface area contributed by atoms with Gasteiger partial charge < -0.3 is 20.1 Å². The van der Waals surface area contributed by atoms with E-state index in [4.69, 9.17) is 9.47 Å². The maximum absolute atomic E-state index is 13.7. The zero-order valence-corrected chi connectivity index (χ0v) is 20.6. The van der Waals surface area contributed by atoms with Crippen LogP contribution in [0.5, 0.6) is 11.5 Å². The average Bonchev–Trinajstić information content (AvgIpc) is 3.29. The predicted octanol–water partition coefficient (Wildman–Crippen LogP) is 6.91. The van der Waals surface area contributed by atoms with Crippen molar-refractivity contribution in [2.75, 3.05) is 17.2 Å². The number of hydrogen-bond donors (Lipinski definition) is 2. The lowest BCUT2D eigenvalue weighted by atomic mass is 9.80. The number of carbonyl (C=O) groups is 1. The van der Waals surface area contributed by atoms with Crippen LogP contribution >= 0.6 is 11.3 Å². The number of thiophene rings is 1. The van der Waals surface area contributed by atoms with Crippen LogP contribution in [0.4, 0.5) is 11.4 Å². The Balaban J connectivity index is 1.60. The van der Waals surface area contributed by atoms with Crippen LogP contribution in [0.25, 0.3) is 0 Å². The Bertz CT molecular complexity index is 1220. The number of nitrogens with one attached hydrogen (secondary N) is 2. The molecule has 176 valence electrons. The molecule has 0 amide bonds. The smallest absolute Gasteiger partial charge is 0.163 e. The van der Waals surface area contributed by atoms with Gasteiger partial charge in [0.1, 0.15) is 0 Å². The molecular weight excluding hydrogens is 444 g/mol. The summed E-state index contributed by atoms with van der Waals surface area (Å²) in [7, 11) is 0. The van der Waals surface area contributed by atoms with Crippen LogP contribution in [0.15, 0.2) is 71.2 Å². The van der Waals surface area contributed by atoms with Crippen molar-refractivity contribution in [2.24, 2.45) is 0 Å². The van der Waals surface area contributed by atoms with E-state index in [0.717, 1.165) is 40.4 Å². The first-order valence-corrected chi connectivity index (χ1v) is 12.8. The molecule has 3 aromatic rings. The minimum absolute atomic E-state index is 0.0422. The minimum atomic E-state index is -0.282. The van der Waals surface area contributed by atoms with E-state index in [1.165, 1.54) is 4.88 Å². The molecule has 0 spiro atoms. The lowest BCUT2D eigenvalue weighted by Crippen LogP contribution is -2.26. The standard InChI is InChI=1S/C28H30N2O3S/c1-4-32-25-16-18(11-12-24(25)33-17(2)3)28-27-22(29-20-8-5-6-9-21(20)30-28)14-19(15-23(27)31)26-10-7-13-34-26/h5-13,16-17,19,28-30H,4,14-15H2,1-3H3. The summed E-state index contributed by atoms with van der Waals surface area (Å²) in [5.41, 5.74) is 4.75. The van der Waals surface area contributed by atoms with Crippen LogP contribution in [-0.4, -0.2) is 18.5 Å². The Kier molecular flexibility index (Phi) is 6.33. The maximum Gasteiger partial charge on any atom is 0.163 e. The average molecular weight is 475 g/mol. The molecule has 2 heterocycles. The number of fused-ring (bicyclic) bond motifs is 1. The van der Waals surface area contributed by atoms with Crippen molar-refractivity contribution >= 4 is 28.5 Å².